The highest BCUT2D eigenvalue weighted by Crippen LogP contribution is 2.05. The Morgan fingerprint density at radius 3 is 2.67 bits per heavy atom. The van der Waals surface area contributed by atoms with Gasteiger partial charge in [0.25, 0.3) is 5.56 Å². The first-order valence-corrected chi connectivity index (χ1v) is 3.44. The maximum atomic E-state index is 10.9. The lowest BCUT2D eigenvalue weighted by atomic mass is 10.4. The van der Waals surface area contributed by atoms with E-state index in [0.29, 0.717) is 5.75 Å². The number of nitrogens with zero attached hydrogens (tertiary/aromatic N) is 1. The minimum atomic E-state index is -0.395. The summed E-state index contributed by atoms with van der Waals surface area (Å²) in [6, 6.07) is 2.81. The maximum Gasteiger partial charge on any atom is 0.308 e. The molecule has 4 heteroatoms. The predicted molar refractivity (Wildman–Crippen MR) is 43.0 cm³/mol. The van der Waals surface area contributed by atoms with E-state index in [1.165, 1.54) is 29.8 Å². The molecule has 0 aliphatic carbocycles. The van der Waals surface area contributed by atoms with E-state index in [9.17, 15) is 9.59 Å². The van der Waals surface area contributed by atoms with Gasteiger partial charge in [-0.2, -0.15) is 0 Å². The van der Waals surface area contributed by atoms with E-state index in [4.69, 9.17) is 4.74 Å². The van der Waals surface area contributed by atoms with Gasteiger partial charge in [-0.1, -0.05) is 0 Å². The molecule has 1 rings (SSSR count). The third kappa shape index (κ3) is 1.95. The zero-order chi connectivity index (χ0) is 9.14. The van der Waals surface area contributed by atoms with Gasteiger partial charge >= 0.3 is 5.97 Å². The molecule has 0 aromatic carbocycles. The number of esters is 1. The average Bonchev–Trinajstić information content (AvgIpc) is 1.96. The molecule has 0 spiro atoms. The zero-order valence-corrected chi connectivity index (χ0v) is 6.90. The molecule has 4 nitrogen and oxygen atoms in total. The van der Waals surface area contributed by atoms with E-state index >= 15 is 0 Å². The Labute approximate surface area is 69.4 Å². The summed E-state index contributed by atoms with van der Waals surface area (Å²) in [5.41, 5.74) is -0.133. The summed E-state index contributed by atoms with van der Waals surface area (Å²) in [5.74, 6) is -0.0155. The summed E-state index contributed by atoms with van der Waals surface area (Å²) in [6.07, 6.45) is 1.46. The first-order valence-electron chi connectivity index (χ1n) is 3.44. The van der Waals surface area contributed by atoms with Crippen LogP contribution < -0.4 is 10.3 Å². The van der Waals surface area contributed by atoms with Gasteiger partial charge in [-0.05, 0) is 6.07 Å². The van der Waals surface area contributed by atoms with Crippen LogP contribution in [-0.2, 0) is 11.8 Å². The third-order valence-corrected chi connectivity index (χ3v) is 1.32. The number of ether oxygens (including phenoxy) is 1. The van der Waals surface area contributed by atoms with Crippen molar-refractivity contribution in [1.29, 1.82) is 0 Å². The highest BCUT2D eigenvalue weighted by atomic mass is 16.5. The monoisotopic (exact) mass is 167 g/mol. The molecule has 12 heavy (non-hydrogen) atoms. The molecule has 0 unspecified atom stereocenters. The van der Waals surface area contributed by atoms with Crippen LogP contribution in [0.4, 0.5) is 0 Å². The van der Waals surface area contributed by atoms with Crippen LogP contribution >= 0.6 is 0 Å². The van der Waals surface area contributed by atoms with Crippen molar-refractivity contribution >= 4 is 5.97 Å². The van der Waals surface area contributed by atoms with Gasteiger partial charge in [-0.3, -0.25) is 9.59 Å². The quantitative estimate of drug-likeness (QED) is 0.565. The van der Waals surface area contributed by atoms with Crippen LogP contribution in [0.3, 0.4) is 0 Å². The normalized spacial score (nSPS) is 9.50. The summed E-state index contributed by atoms with van der Waals surface area (Å²) in [5, 5.41) is 0. The largest absolute Gasteiger partial charge is 0.425 e. The van der Waals surface area contributed by atoms with Gasteiger partial charge in [-0.15, -0.1) is 0 Å². The standard InChI is InChI=1S/C8H9NO3/c1-6(10)12-7-3-4-8(11)9(2)5-7/h3-5H,1-2H3. The highest BCUT2D eigenvalue weighted by molar-refractivity contribution is 5.69. The van der Waals surface area contributed by atoms with E-state index in [0.717, 1.165) is 0 Å². The van der Waals surface area contributed by atoms with Crippen LogP contribution in [0.15, 0.2) is 23.1 Å². The number of carbonyl (C=O) groups is 1. The topological polar surface area (TPSA) is 48.3 Å². The molecular weight excluding hydrogens is 158 g/mol. The summed E-state index contributed by atoms with van der Waals surface area (Å²) in [7, 11) is 1.59. The third-order valence-electron chi connectivity index (χ3n) is 1.32. The molecule has 1 heterocycles. The van der Waals surface area contributed by atoms with Gasteiger partial charge in [0.2, 0.25) is 0 Å². The Bertz CT molecular complexity index is 354. The predicted octanol–water partition coefficient (Wildman–Crippen LogP) is 0.311. The van der Waals surface area contributed by atoms with Crippen molar-refractivity contribution in [2.75, 3.05) is 0 Å². The molecule has 1 aromatic heterocycles. The smallest absolute Gasteiger partial charge is 0.308 e. The van der Waals surface area contributed by atoms with Gasteiger partial charge in [0.15, 0.2) is 0 Å². The van der Waals surface area contributed by atoms with Crippen molar-refractivity contribution in [2.24, 2.45) is 7.05 Å². The van der Waals surface area contributed by atoms with Crippen LogP contribution in [0.5, 0.6) is 5.75 Å². The maximum absolute atomic E-state index is 10.9. The van der Waals surface area contributed by atoms with Crippen LogP contribution in [0.25, 0.3) is 0 Å². The SMILES string of the molecule is CC(=O)Oc1ccc(=O)n(C)c1. The van der Waals surface area contributed by atoms with Crippen molar-refractivity contribution in [3.05, 3.63) is 28.7 Å². The summed E-state index contributed by atoms with van der Waals surface area (Å²) in [4.78, 5) is 21.4. The van der Waals surface area contributed by atoms with Crippen molar-refractivity contribution in [1.82, 2.24) is 4.57 Å². The van der Waals surface area contributed by atoms with Crippen LogP contribution in [0, 0.1) is 0 Å². The number of rotatable bonds is 1. The van der Waals surface area contributed by atoms with Crippen LogP contribution in [0.1, 0.15) is 6.92 Å². The van der Waals surface area contributed by atoms with Gasteiger partial charge < -0.3 is 9.30 Å². The van der Waals surface area contributed by atoms with Gasteiger partial charge in [0, 0.05) is 26.2 Å². The molecule has 0 fully saturated rings. The lowest BCUT2D eigenvalue weighted by molar-refractivity contribution is -0.131. The average molecular weight is 167 g/mol. The minimum absolute atomic E-state index is 0.133. The summed E-state index contributed by atoms with van der Waals surface area (Å²) < 4.78 is 6.10. The fourth-order valence-electron chi connectivity index (χ4n) is 0.795. The van der Waals surface area contributed by atoms with Gasteiger partial charge in [-0.25, -0.2) is 0 Å². The van der Waals surface area contributed by atoms with E-state index in [2.05, 4.69) is 0 Å². The molecule has 0 aliphatic rings. The number of aryl methyl sites for hydroxylation is 1. The fourth-order valence-corrected chi connectivity index (χ4v) is 0.795. The number of carbonyl (C=O) groups excluding carboxylic acids is 1. The number of pyridine rings is 1. The van der Waals surface area contributed by atoms with Crippen molar-refractivity contribution in [2.45, 2.75) is 6.92 Å². The summed E-state index contributed by atoms with van der Waals surface area (Å²) >= 11 is 0. The Morgan fingerprint density at radius 1 is 1.50 bits per heavy atom. The van der Waals surface area contributed by atoms with Crippen LogP contribution in [-0.4, -0.2) is 10.5 Å². The van der Waals surface area contributed by atoms with Crippen molar-refractivity contribution < 1.29 is 9.53 Å². The molecule has 0 aliphatic heterocycles. The highest BCUT2D eigenvalue weighted by Gasteiger charge is 1.98. The molecule has 0 bridgehead atoms. The Morgan fingerprint density at radius 2 is 2.17 bits per heavy atom. The lowest BCUT2D eigenvalue weighted by Gasteiger charge is -2.01. The molecular formula is C8H9NO3. The molecule has 0 radical (unpaired) electrons. The molecule has 0 saturated heterocycles. The number of hydrogen-bond donors (Lipinski definition) is 0. The first-order chi connectivity index (χ1) is 5.59. The Kier molecular flexibility index (Phi) is 2.28. The first kappa shape index (κ1) is 8.52. The van der Waals surface area contributed by atoms with Gasteiger partial charge in [0.1, 0.15) is 5.75 Å². The fraction of sp³-hybridized carbons (Fsp3) is 0.250. The second kappa shape index (κ2) is 3.21. The Hall–Kier alpha value is -1.58. The lowest BCUT2D eigenvalue weighted by Crippen LogP contribution is -2.15. The van der Waals surface area contributed by atoms with Crippen molar-refractivity contribution in [3.63, 3.8) is 0 Å². The number of hydrogen-bond acceptors (Lipinski definition) is 3. The van der Waals surface area contributed by atoms with Gasteiger partial charge in [0.05, 0.1) is 0 Å². The van der Waals surface area contributed by atoms with E-state index in [1.807, 2.05) is 0 Å². The summed E-state index contributed by atoms with van der Waals surface area (Å²) in [6.45, 7) is 1.31. The molecule has 0 saturated carbocycles. The van der Waals surface area contributed by atoms with E-state index in [1.54, 1.807) is 7.05 Å². The zero-order valence-electron chi connectivity index (χ0n) is 6.90. The molecule has 64 valence electrons. The molecule has 0 amide bonds. The second-order valence-electron chi connectivity index (χ2n) is 2.41. The van der Waals surface area contributed by atoms with Crippen molar-refractivity contribution in [3.8, 4) is 5.75 Å². The van der Waals surface area contributed by atoms with E-state index < -0.39 is 5.97 Å². The molecule has 0 atom stereocenters. The molecule has 0 N–H and O–H groups in total. The van der Waals surface area contributed by atoms with Crippen LogP contribution in [0.2, 0.25) is 0 Å². The minimum Gasteiger partial charge on any atom is -0.425 e. The second-order valence-corrected chi connectivity index (χ2v) is 2.41. The molecule has 1 aromatic rings. The number of aromatic nitrogens is 1. The Balaban J connectivity index is 2.97. The van der Waals surface area contributed by atoms with E-state index in [-0.39, 0.29) is 5.56 Å².